The number of carboxylic acid groups (broad SMARTS) is 1. The summed E-state index contributed by atoms with van der Waals surface area (Å²) in [4.78, 5) is 11.5. The number of hydrogen-bond acceptors (Lipinski definition) is 7. The van der Waals surface area contributed by atoms with E-state index in [2.05, 4.69) is 5.10 Å². The summed E-state index contributed by atoms with van der Waals surface area (Å²) in [5.41, 5.74) is 0.637. The Morgan fingerprint density at radius 3 is 2.54 bits per heavy atom. The summed E-state index contributed by atoms with van der Waals surface area (Å²) in [7, 11) is -4.04. The molecule has 4 aromatic rings. The van der Waals surface area contributed by atoms with E-state index < -0.39 is 33.9 Å². The van der Waals surface area contributed by atoms with E-state index in [0.29, 0.717) is 16.7 Å². The van der Waals surface area contributed by atoms with Crippen molar-refractivity contribution in [3.8, 4) is 17.2 Å². The molecule has 2 N–H and O–H groups in total. The highest BCUT2D eigenvalue weighted by molar-refractivity contribution is 7.89. The average Bonchev–Trinajstić information content (AvgIpc) is 3.49. The van der Waals surface area contributed by atoms with Crippen LogP contribution in [-0.2, 0) is 21.2 Å². The van der Waals surface area contributed by atoms with Gasteiger partial charge in [0.1, 0.15) is 18.2 Å². The molecule has 0 radical (unpaired) electrons. The molecule has 0 spiro atoms. The van der Waals surface area contributed by atoms with Gasteiger partial charge >= 0.3 is 5.97 Å². The lowest BCUT2D eigenvalue weighted by Gasteiger charge is -2.24. The highest BCUT2D eigenvalue weighted by Gasteiger charge is 2.42. The Morgan fingerprint density at radius 2 is 1.85 bits per heavy atom. The van der Waals surface area contributed by atoms with Gasteiger partial charge in [0.2, 0.25) is 10.0 Å². The van der Waals surface area contributed by atoms with Crippen LogP contribution in [0.3, 0.4) is 0 Å². The van der Waals surface area contributed by atoms with Gasteiger partial charge in [-0.2, -0.15) is 9.40 Å². The number of fused-ring (bicyclic) bond motifs is 1. The molecule has 2 heterocycles. The summed E-state index contributed by atoms with van der Waals surface area (Å²) in [6.45, 7) is 3.66. The molecule has 0 aliphatic carbocycles. The monoisotopic (exact) mass is 583 g/mol. The zero-order chi connectivity index (χ0) is 29.3. The zero-order valence-electron chi connectivity index (χ0n) is 22.5. The molecule has 216 valence electrons. The van der Waals surface area contributed by atoms with Crippen molar-refractivity contribution in [1.82, 2.24) is 14.1 Å². The molecule has 1 saturated heterocycles. The van der Waals surface area contributed by atoms with E-state index in [9.17, 15) is 27.8 Å². The molecule has 1 aliphatic rings. The van der Waals surface area contributed by atoms with Gasteiger partial charge in [-0.1, -0.05) is 12.1 Å². The van der Waals surface area contributed by atoms with Gasteiger partial charge in [-0.25, -0.2) is 12.8 Å². The van der Waals surface area contributed by atoms with Crippen LogP contribution >= 0.6 is 0 Å². The van der Waals surface area contributed by atoms with Crippen molar-refractivity contribution >= 4 is 26.9 Å². The molecule has 5 rings (SSSR count). The smallest absolute Gasteiger partial charge is 0.309 e. The molecule has 0 unspecified atom stereocenters. The quantitative estimate of drug-likeness (QED) is 0.281. The number of benzene rings is 3. The second-order valence-corrected chi connectivity index (χ2v) is 12.0. The largest absolute Gasteiger partial charge is 0.504 e. The molecular weight excluding hydrogens is 553 g/mol. The van der Waals surface area contributed by atoms with E-state index >= 15 is 0 Å². The number of rotatable bonds is 10. The third kappa shape index (κ3) is 5.98. The van der Waals surface area contributed by atoms with Crippen LogP contribution < -0.4 is 9.47 Å². The summed E-state index contributed by atoms with van der Waals surface area (Å²) >= 11 is 0. The summed E-state index contributed by atoms with van der Waals surface area (Å²) in [5.74, 6) is -0.946. The fraction of sp³-hybridized carbons (Fsp3) is 0.310. The molecule has 2 atom stereocenters. The molecule has 1 fully saturated rings. The highest BCUT2D eigenvalue weighted by atomic mass is 32.2. The molecular formula is C29H30FN3O7S. The highest BCUT2D eigenvalue weighted by Crippen LogP contribution is 2.36. The first-order valence-electron chi connectivity index (χ1n) is 13.1. The maximum Gasteiger partial charge on any atom is 0.309 e. The number of aromatic nitrogens is 2. The number of ether oxygens (including phenoxy) is 2. The van der Waals surface area contributed by atoms with Gasteiger partial charge in [-0.05, 0) is 74.9 Å². The number of halogens is 1. The van der Waals surface area contributed by atoms with Gasteiger partial charge in [0.15, 0.2) is 11.5 Å². The van der Waals surface area contributed by atoms with E-state index in [-0.39, 0.29) is 54.2 Å². The summed E-state index contributed by atoms with van der Waals surface area (Å²) in [6.07, 6.45) is -0.192. The van der Waals surface area contributed by atoms with Crippen molar-refractivity contribution in [2.24, 2.45) is 0 Å². The minimum Gasteiger partial charge on any atom is -0.504 e. The first-order valence-corrected chi connectivity index (χ1v) is 14.5. The summed E-state index contributed by atoms with van der Waals surface area (Å²) in [5, 5.41) is 24.5. The molecule has 0 amide bonds. The van der Waals surface area contributed by atoms with Crippen molar-refractivity contribution < 1.29 is 37.3 Å². The zero-order valence-corrected chi connectivity index (χ0v) is 23.3. The van der Waals surface area contributed by atoms with E-state index in [1.165, 1.54) is 45.4 Å². The topological polar surface area (TPSA) is 131 Å². The van der Waals surface area contributed by atoms with Gasteiger partial charge in [0.25, 0.3) is 0 Å². The SMILES string of the molecule is CC(C)Oc1ccc(S(=O)(=O)N2C[C@H](n3nc(CC(=O)O)c4ccc(F)cc43)C[C@@H]2COc2ccccc2O)cc1. The maximum atomic E-state index is 14.3. The molecule has 41 heavy (non-hydrogen) atoms. The van der Waals surface area contributed by atoms with Crippen LogP contribution in [-0.4, -0.2) is 64.0 Å². The first-order chi connectivity index (χ1) is 19.5. The van der Waals surface area contributed by atoms with Crippen LogP contribution in [0.4, 0.5) is 4.39 Å². The number of hydrogen-bond donors (Lipinski definition) is 2. The van der Waals surface area contributed by atoms with Gasteiger partial charge < -0.3 is 19.7 Å². The summed E-state index contributed by atoms with van der Waals surface area (Å²) in [6, 6.07) is 15.3. The number of phenols is 1. The second-order valence-electron chi connectivity index (χ2n) is 10.2. The Bertz CT molecular complexity index is 1670. The fourth-order valence-electron chi connectivity index (χ4n) is 5.08. The number of carboxylic acids is 1. The maximum absolute atomic E-state index is 14.3. The Labute approximate surface area is 236 Å². The van der Waals surface area contributed by atoms with E-state index in [0.717, 1.165) is 0 Å². The number of para-hydroxylation sites is 2. The number of aromatic hydroxyl groups is 1. The lowest BCUT2D eigenvalue weighted by atomic mass is 10.1. The van der Waals surface area contributed by atoms with E-state index in [1.54, 1.807) is 30.3 Å². The predicted octanol–water partition coefficient (Wildman–Crippen LogP) is 4.38. The van der Waals surface area contributed by atoms with Crippen molar-refractivity contribution in [2.75, 3.05) is 13.2 Å². The van der Waals surface area contributed by atoms with Gasteiger partial charge in [-0.15, -0.1) is 0 Å². The fourth-order valence-corrected chi connectivity index (χ4v) is 6.74. The average molecular weight is 584 g/mol. The number of phenolic OH excluding ortho intramolecular Hbond substituents is 1. The van der Waals surface area contributed by atoms with Gasteiger partial charge in [-0.3, -0.25) is 9.48 Å². The standard InChI is InChI=1S/C29H30FN3O7S/c1-18(2)40-22-8-10-23(11-9-22)41(37,38)32-16-20(14-21(32)17-39-28-6-4-3-5-27(28)34)33-26-13-19(30)7-12-24(26)25(31-33)15-29(35)36/h3-13,18,20-21,34H,14-17H2,1-2H3,(H,35,36)/t20-,21-/m1/s1. The van der Waals surface area contributed by atoms with Crippen molar-refractivity contribution in [3.63, 3.8) is 0 Å². The number of nitrogens with zero attached hydrogens (tertiary/aromatic N) is 3. The number of aliphatic carboxylic acids is 1. The Hall–Kier alpha value is -4.16. The molecule has 0 bridgehead atoms. The molecule has 1 aliphatic heterocycles. The van der Waals surface area contributed by atoms with Crippen molar-refractivity contribution in [2.45, 2.75) is 49.8 Å². The molecule has 1 aromatic heterocycles. The first kappa shape index (κ1) is 28.4. The minimum absolute atomic E-state index is 0.0127. The van der Waals surface area contributed by atoms with Crippen LogP contribution in [0.2, 0.25) is 0 Å². The Kier molecular flexibility index (Phi) is 7.87. The van der Waals surface area contributed by atoms with E-state index in [4.69, 9.17) is 9.47 Å². The van der Waals surface area contributed by atoms with Crippen molar-refractivity contribution in [1.29, 1.82) is 0 Å². The van der Waals surface area contributed by atoms with Crippen LogP contribution in [0.25, 0.3) is 10.9 Å². The third-order valence-corrected chi connectivity index (χ3v) is 8.78. The van der Waals surface area contributed by atoms with Crippen LogP contribution in [0.15, 0.2) is 71.6 Å². The molecule has 3 aromatic carbocycles. The number of sulfonamides is 1. The normalized spacial score (nSPS) is 17.8. The van der Waals surface area contributed by atoms with Crippen molar-refractivity contribution in [3.05, 3.63) is 78.2 Å². The second kappa shape index (κ2) is 11.4. The minimum atomic E-state index is -4.04. The molecule has 0 saturated carbocycles. The third-order valence-electron chi connectivity index (χ3n) is 6.85. The number of carbonyl (C=O) groups is 1. The predicted molar refractivity (Wildman–Crippen MR) is 148 cm³/mol. The van der Waals surface area contributed by atoms with Crippen LogP contribution in [0.5, 0.6) is 17.2 Å². The summed E-state index contributed by atoms with van der Waals surface area (Å²) < 4.78 is 56.4. The van der Waals surface area contributed by atoms with Gasteiger partial charge in [0.05, 0.1) is 40.7 Å². The lowest BCUT2D eigenvalue weighted by molar-refractivity contribution is -0.136. The van der Waals surface area contributed by atoms with Crippen LogP contribution in [0.1, 0.15) is 32.0 Å². The molecule has 10 nitrogen and oxygen atoms in total. The Balaban J connectivity index is 1.51. The lowest BCUT2D eigenvalue weighted by Crippen LogP contribution is -2.39. The Morgan fingerprint density at radius 1 is 1.12 bits per heavy atom. The van der Waals surface area contributed by atoms with Gasteiger partial charge in [0, 0.05) is 11.9 Å². The van der Waals surface area contributed by atoms with Crippen LogP contribution in [0, 0.1) is 5.82 Å². The molecule has 12 heteroatoms. The van der Waals surface area contributed by atoms with E-state index in [1.807, 2.05) is 13.8 Å².